The Labute approximate surface area is 130 Å². The lowest BCUT2D eigenvalue weighted by Crippen LogP contribution is -2.14. The van der Waals surface area contributed by atoms with Crippen LogP contribution in [0.15, 0.2) is 66.4 Å². The Balaban J connectivity index is 2.01. The molecule has 0 aliphatic heterocycles. The van der Waals surface area contributed by atoms with Crippen LogP contribution in [0.5, 0.6) is 11.5 Å². The number of carbonyl (C=O) groups excluding carboxylic acids is 1. The van der Waals surface area contributed by atoms with E-state index in [2.05, 4.69) is 5.32 Å². The summed E-state index contributed by atoms with van der Waals surface area (Å²) >= 11 is 0. The zero-order chi connectivity index (χ0) is 15.8. The third-order valence-corrected chi connectivity index (χ3v) is 3.10. The van der Waals surface area contributed by atoms with Gasteiger partial charge in [0.2, 0.25) is 0 Å². The summed E-state index contributed by atoms with van der Waals surface area (Å²) in [5, 5.41) is 2.84. The maximum Gasteiger partial charge on any atom is 0.254 e. The highest BCUT2D eigenvalue weighted by atomic mass is 16.5. The molecule has 0 unspecified atom stereocenters. The zero-order valence-corrected chi connectivity index (χ0v) is 12.7. The number of anilines is 1. The molecule has 0 aliphatic carbocycles. The summed E-state index contributed by atoms with van der Waals surface area (Å²) < 4.78 is 10.6. The van der Waals surface area contributed by atoms with Crippen LogP contribution in [0.1, 0.15) is 13.3 Å². The van der Waals surface area contributed by atoms with Gasteiger partial charge in [0.1, 0.15) is 11.5 Å². The molecule has 4 heteroatoms. The van der Waals surface area contributed by atoms with Crippen LogP contribution in [0.4, 0.5) is 5.69 Å². The Morgan fingerprint density at radius 2 is 1.68 bits per heavy atom. The Kier molecular flexibility index (Phi) is 5.60. The lowest BCUT2D eigenvalue weighted by molar-refractivity contribution is -0.113. The van der Waals surface area contributed by atoms with Gasteiger partial charge < -0.3 is 14.8 Å². The van der Waals surface area contributed by atoms with Crippen LogP contribution in [0, 0.1) is 0 Å². The van der Waals surface area contributed by atoms with Crippen molar-refractivity contribution < 1.29 is 14.3 Å². The molecule has 0 atom stereocenters. The fourth-order valence-corrected chi connectivity index (χ4v) is 1.82. The molecule has 1 amide bonds. The Morgan fingerprint density at radius 1 is 1.05 bits per heavy atom. The van der Waals surface area contributed by atoms with E-state index in [4.69, 9.17) is 9.47 Å². The summed E-state index contributed by atoms with van der Waals surface area (Å²) in [5.41, 5.74) is 1.33. The molecule has 0 saturated heterocycles. The smallest absolute Gasteiger partial charge is 0.254 e. The van der Waals surface area contributed by atoms with Crippen molar-refractivity contribution in [2.24, 2.45) is 0 Å². The standard InChI is InChI=1S/C18H19NO3/c1-3-14(18(20)19-15-7-5-4-6-8-15)13-22-17-11-9-16(21-2)10-12-17/h4-13H,3H2,1-2H3,(H,19,20). The van der Waals surface area contributed by atoms with Gasteiger partial charge in [0.05, 0.1) is 18.9 Å². The SMILES string of the molecule is CCC(=COc1ccc(OC)cc1)C(=O)Nc1ccccc1. The summed E-state index contributed by atoms with van der Waals surface area (Å²) in [5.74, 6) is 1.25. The van der Waals surface area contributed by atoms with E-state index >= 15 is 0 Å². The van der Waals surface area contributed by atoms with Crippen molar-refractivity contribution in [2.75, 3.05) is 12.4 Å². The number of para-hydroxylation sites is 1. The highest BCUT2D eigenvalue weighted by Crippen LogP contribution is 2.18. The van der Waals surface area contributed by atoms with E-state index < -0.39 is 0 Å². The molecule has 0 aliphatic rings. The second kappa shape index (κ2) is 7.88. The average molecular weight is 297 g/mol. The molecule has 114 valence electrons. The second-order valence-corrected chi connectivity index (χ2v) is 4.61. The maximum absolute atomic E-state index is 12.2. The van der Waals surface area contributed by atoms with Crippen molar-refractivity contribution >= 4 is 11.6 Å². The van der Waals surface area contributed by atoms with Crippen molar-refractivity contribution in [1.82, 2.24) is 0 Å². The maximum atomic E-state index is 12.2. The Hall–Kier alpha value is -2.75. The minimum Gasteiger partial charge on any atom is -0.497 e. The number of carbonyl (C=O) groups is 1. The highest BCUT2D eigenvalue weighted by Gasteiger charge is 2.08. The van der Waals surface area contributed by atoms with E-state index in [1.807, 2.05) is 37.3 Å². The van der Waals surface area contributed by atoms with Crippen molar-refractivity contribution in [3.8, 4) is 11.5 Å². The van der Waals surface area contributed by atoms with Crippen LogP contribution >= 0.6 is 0 Å². The topological polar surface area (TPSA) is 47.6 Å². The van der Waals surface area contributed by atoms with Crippen LogP contribution in [0.2, 0.25) is 0 Å². The van der Waals surface area contributed by atoms with Crippen LogP contribution in [-0.4, -0.2) is 13.0 Å². The number of benzene rings is 2. The van der Waals surface area contributed by atoms with E-state index in [0.717, 1.165) is 11.4 Å². The molecule has 0 aromatic heterocycles. The van der Waals surface area contributed by atoms with Gasteiger partial charge in [-0.2, -0.15) is 0 Å². The van der Waals surface area contributed by atoms with E-state index in [0.29, 0.717) is 17.7 Å². The number of hydrogen-bond acceptors (Lipinski definition) is 3. The molecule has 2 aromatic rings. The largest absolute Gasteiger partial charge is 0.497 e. The summed E-state index contributed by atoms with van der Waals surface area (Å²) in [6.07, 6.45) is 2.06. The summed E-state index contributed by atoms with van der Waals surface area (Å²) in [7, 11) is 1.61. The van der Waals surface area contributed by atoms with E-state index in [1.165, 1.54) is 6.26 Å². The van der Waals surface area contributed by atoms with Gasteiger partial charge in [-0.25, -0.2) is 0 Å². The molecule has 0 radical (unpaired) electrons. The molecule has 0 saturated carbocycles. The molecular formula is C18H19NO3. The molecule has 0 heterocycles. The first kappa shape index (κ1) is 15.6. The minimum atomic E-state index is -0.165. The first-order valence-electron chi connectivity index (χ1n) is 7.09. The van der Waals surface area contributed by atoms with E-state index in [-0.39, 0.29) is 5.91 Å². The number of hydrogen-bond donors (Lipinski definition) is 1. The first-order chi connectivity index (χ1) is 10.7. The third kappa shape index (κ3) is 4.38. The quantitative estimate of drug-likeness (QED) is 0.647. The highest BCUT2D eigenvalue weighted by molar-refractivity contribution is 6.03. The Morgan fingerprint density at radius 3 is 2.27 bits per heavy atom. The first-order valence-corrected chi connectivity index (χ1v) is 7.09. The Bertz CT molecular complexity index is 633. The predicted octanol–water partition coefficient (Wildman–Crippen LogP) is 4.01. The molecule has 4 nitrogen and oxygen atoms in total. The van der Waals surface area contributed by atoms with Gasteiger partial charge in [0.25, 0.3) is 5.91 Å². The van der Waals surface area contributed by atoms with Gasteiger partial charge in [-0.05, 0) is 42.8 Å². The lowest BCUT2D eigenvalue weighted by Gasteiger charge is -2.08. The fourth-order valence-electron chi connectivity index (χ4n) is 1.82. The zero-order valence-electron chi connectivity index (χ0n) is 12.7. The lowest BCUT2D eigenvalue weighted by atomic mass is 10.2. The molecule has 0 fully saturated rings. The number of amides is 1. The second-order valence-electron chi connectivity index (χ2n) is 4.61. The number of methoxy groups -OCH3 is 1. The van der Waals surface area contributed by atoms with Crippen molar-refractivity contribution in [3.63, 3.8) is 0 Å². The third-order valence-electron chi connectivity index (χ3n) is 3.10. The molecule has 2 aromatic carbocycles. The molecule has 22 heavy (non-hydrogen) atoms. The van der Waals surface area contributed by atoms with Gasteiger partial charge in [-0.15, -0.1) is 0 Å². The normalized spacial score (nSPS) is 10.9. The number of rotatable bonds is 6. The molecule has 2 rings (SSSR count). The monoisotopic (exact) mass is 297 g/mol. The number of nitrogens with one attached hydrogen (secondary N) is 1. The predicted molar refractivity (Wildman–Crippen MR) is 87.1 cm³/mol. The summed E-state index contributed by atoms with van der Waals surface area (Å²) in [6.45, 7) is 1.91. The van der Waals surface area contributed by atoms with Gasteiger partial charge in [0.15, 0.2) is 0 Å². The summed E-state index contributed by atoms with van der Waals surface area (Å²) in [4.78, 5) is 12.2. The molecule has 0 spiro atoms. The van der Waals surface area contributed by atoms with E-state index in [1.54, 1.807) is 31.4 Å². The van der Waals surface area contributed by atoms with Crippen molar-refractivity contribution in [3.05, 3.63) is 66.4 Å². The van der Waals surface area contributed by atoms with Gasteiger partial charge in [-0.3, -0.25) is 4.79 Å². The van der Waals surface area contributed by atoms with Crippen LogP contribution in [-0.2, 0) is 4.79 Å². The fraction of sp³-hybridized carbons (Fsp3) is 0.167. The minimum absolute atomic E-state index is 0.165. The molecule has 0 bridgehead atoms. The van der Waals surface area contributed by atoms with Crippen molar-refractivity contribution in [2.45, 2.75) is 13.3 Å². The van der Waals surface area contributed by atoms with Crippen LogP contribution in [0.25, 0.3) is 0 Å². The van der Waals surface area contributed by atoms with Crippen molar-refractivity contribution in [1.29, 1.82) is 0 Å². The number of ether oxygens (including phenoxy) is 2. The van der Waals surface area contributed by atoms with Crippen LogP contribution < -0.4 is 14.8 Å². The van der Waals surface area contributed by atoms with Gasteiger partial charge >= 0.3 is 0 Å². The van der Waals surface area contributed by atoms with Crippen LogP contribution in [0.3, 0.4) is 0 Å². The van der Waals surface area contributed by atoms with E-state index in [9.17, 15) is 4.79 Å². The summed E-state index contributed by atoms with van der Waals surface area (Å²) in [6, 6.07) is 16.5. The van der Waals surface area contributed by atoms with Gasteiger partial charge in [-0.1, -0.05) is 25.1 Å². The molecule has 1 N–H and O–H groups in total. The molecular weight excluding hydrogens is 278 g/mol. The average Bonchev–Trinajstić information content (AvgIpc) is 2.57. The van der Waals surface area contributed by atoms with Gasteiger partial charge in [0, 0.05) is 5.69 Å².